The second kappa shape index (κ2) is 9.10. The summed E-state index contributed by atoms with van der Waals surface area (Å²) in [5.74, 6) is -0.689. The van der Waals surface area contributed by atoms with E-state index < -0.39 is 23.8 Å². The third kappa shape index (κ3) is 5.61. The molecule has 170 valence electrons. The van der Waals surface area contributed by atoms with Gasteiger partial charge in [-0.3, -0.25) is 9.89 Å². The Morgan fingerprint density at radius 2 is 1.76 bits per heavy atom. The largest absolute Gasteiger partial charge is 0.573 e. The van der Waals surface area contributed by atoms with Crippen molar-refractivity contribution >= 4 is 38.6 Å². The van der Waals surface area contributed by atoms with Gasteiger partial charge in [-0.25, -0.2) is 4.39 Å². The maximum absolute atomic E-state index is 13.9. The van der Waals surface area contributed by atoms with Crippen LogP contribution in [0.2, 0.25) is 0 Å². The lowest BCUT2D eigenvalue weighted by molar-refractivity contribution is -0.274. The first kappa shape index (κ1) is 22.6. The smallest absolute Gasteiger partial charge is 0.489 e. The Balaban J connectivity index is 1.43. The minimum Gasteiger partial charge on any atom is -0.489 e. The van der Waals surface area contributed by atoms with Gasteiger partial charge >= 0.3 is 6.36 Å². The molecule has 0 spiro atoms. The molecule has 0 unspecified atom stereocenters. The fraction of sp³-hybridized carbons (Fsp3) is 0.0909. The molecule has 33 heavy (non-hydrogen) atoms. The Kier molecular flexibility index (Phi) is 6.23. The van der Waals surface area contributed by atoms with E-state index in [1.165, 1.54) is 18.2 Å². The summed E-state index contributed by atoms with van der Waals surface area (Å²) in [4.78, 5) is 12.4. The van der Waals surface area contributed by atoms with Crippen LogP contribution in [0.3, 0.4) is 0 Å². The van der Waals surface area contributed by atoms with E-state index in [-0.39, 0.29) is 18.0 Å². The molecule has 1 aromatic heterocycles. The van der Waals surface area contributed by atoms with Crippen LogP contribution < -0.4 is 14.8 Å². The van der Waals surface area contributed by atoms with Crippen molar-refractivity contribution in [1.29, 1.82) is 0 Å². The van der Waals surface area contributed by atoms with Crippen LogP contribution in [0, 0.1) is 5.82 Å². The Morgan fingerprint density at radius 3 is 2.45 bits per heavy atom. The molecular weight excluding hydrogens is 510 g/mol. The average molecular weight is 524 g/mol. The Bertz CT molecular complexity index is 1310. The molecule has 0 aliphatic heterocycles. The number of halogens is 5. The first-order valence-corrected chi connectivity index (χ1v) is 10.2. The topological polar surface area (TPSA) is 76.2 Å². The van der Waals surface area contributed by atoms with Crippen LogP contribution in [0.4, 0.5) is 23.4 Å². The molecule has 1 amide bonds. The predicted molar refractivity (Wildman–Crippen MR) is 116 cm³/mol. The standard InChI is InChI=1S/C22H14BrF4N3O3/c23-14-4-1-13(18(24)9-14)11-32-16-7-8-17-19(10-16)29-30-20(17)28-21(31)12-2-5-15(6-3-12)33-22(25,26)27/h1-10H,11H2,(H2,28,29,30,31). The van der Waals surface area contributed by atoms with Crippen molar-refractivity contribution in [2.24, 2.45) is 0 Å². The van der Waals surface area contributed by atoms with Gasteiger partial charge in [-0.1, -0.05) is 22.0 Å². The second-order valence-corrected chi connectivity index (χ2v) is 7.75. The summed E-state index contributed by atoms with van der Waals surface area (Å²) >= 11 is 3.20. The molecule has 0 saturated heterocycles. The minimum atomic E-state index is -4.81. The predicted octanol–water partition coefficient (Wildman–Crippen LogP) is 6.19. The number of aromatic amines is 1. The summed E-state index contributed by atoms with van der Waals surface area (Å²) in [5, 5.41) is 10.0. The van der Waals surface area contributed by atoms with E-state index in [1.807, 2.05) is 0 Å². The van der Waals surface area contributed by atoms with E-state index in [0.717, 1.165) is 12.1 Å². The molecule has 2 N–H and O–H groups in total. The molecule has 0 fully saturated rings. The summed E-state index contributed by atoms with van der Waals surface area (Å²) < 4.78 is 60.8. The van der Waals surface area contributed by atoms with Gasteiger partial charge in [-0.2, -0.15) is 5.10 Å². The number of rotatable bonds is 6. The quantitative estimate of drug-likeness (QED) is 0.295. The highest BCUT2D eigenvalue weighted by Gasteiger charge is 2.31. The summed E-state index contributed by atoms with van der Waals surface area (Å²) in [6, 6.07) is 14.1. The number of hydrogen-bond acceptors (Lipinski definition) is 4. The van der Waals surface area contributed by atoms with Gasteiger partial charge in [-0.15, -0.1) is 13.2 Å². The van der Waals surface area contributed by atoms with Crippen molar-refractivity contribution < 1.29 is 31.8 Å². The van der Waals surface area contributed by atoms with Gasteiger partial charge in [0, 0.05) is 27.1 Å². The molecule has 0 saturated carbocycles. The number of fused-ring (bicyclic) bond motifs is 1. The van der Waals surface area contributed by atoms with Crippen molar-refractivity contribution in [3.05, 3.63) is 82.1 Å². The fourth-order valence-electron chi connectivity index (χ4n) is 2.97. The van der Waals surface area contributed by atoms with Gasteiger partial charge in [-0.05, 0) is 48.5 Å². The number of anilines is 1. The summed E-state index contributed by atoms with van der Waals surface area (Å²) in [5.41, 5.74) is 1.08. The number of benzene rings is 3. The summed E-state index contributed by atoms with van der Waals surface area (Å²) in [6.07, 6.45) is -4.81. The zero-order chi connectivity index (χ0) is 23.6. The highest BCUT2D eigenvalue weighted by molar-refractivity contribution is 9.10. The molecule has 6 nitrogen and oxygen atoms in total. The van der Waals surface area contributed by atoms with Crippen LogP contribution in [0.15, 0.2) is 65.1 Å². The van der Waals surface area contributed by atoms with Crippen molar-refractivity contribution in [3.8, 4) is 11.5 Å². The number of aromatic nitrogens is 2. The lowest BCUT2D eigenvalue weighted by Crippen LogP contribution is -2.17. The first-order chi connectivity index (χ1) is 15.7. The van der Waals surface area contributed by atoms with Crippen molar-refractivity contribution in [2.75, 3.05) is 5.32 Å². The Labute approximate surface area is 192 Å². The molecule has 4 rings (SSSR count). The van der Waals surface area contributed by atoms with Gasteiger partial charge in [0.25, 0.3) is 5.91 Å². The number of hydrogen-bond donors (Lipinski definition) is 2. The van der Waals surface area contributed by atoms with Crippen LogP contribution in [0.5, 0.6) is 11.5 Å². The van der Waals surface area contributed by atoms with E-state index in [9.17, 15) is 22.4 Å². The lowest BCUT2D eigenvalue weighted by atomic mass is 10.2. The Hall–Kier alpha value is -3.60. The van der Waals surface area contributed by atoms with Crippen LogP contribution in [0.25, 0.3) is 10.9 Å². The number of nitrogens with one attached hydrogen (secondary N) is 2. The number of H-pyrrole nitrogens is 1. The lowest BCUT2D eigenvalue weighted by Gasteiger charge is -2.09. The number of ether oxygens (including phenoxy) is 2. The number of carbonyl (C=O) groups excluding carboxylic acids is 1. The van der Waals surface area contributed by atoms with Crippen molar-refractivity contribution in [3.63, 3.8) is 0 Å². The number of carbonyl (C=O) groups is 1. The maximum Gasteiger partial charge on any atom is 0.573 e. The van der Waals surface area contributed by atoms with Crippen LogP contribution in [-0.4, -0.2) is 22.5 Å². The SMILES string of the molecule is O=C(Nc1n[nH]c2cc(OCc3ccc(Br)cc3F)ccc12)c1ccc(OC(F)(F)F)cc1. The van der Waals surface area contributed by atoms with Gasteiger partial charge in [0.05, 0.1) is 5.52 Å². The molecule has 11 heteroatoms. The monoisotopic (exact) mass is 523 g/mol. The van der Waals surface area contributed by atoms with Gasteiger partial charge in [0.1, 0.15) is 23.9 Å². The van der Waals surface area contributed by atoms with Crippen LogP contribution in [0.1, 0.15) is 15.9 Å². The van der Waals surface area contributed by atoms with Gasteiger partial charge in [0.15, 0.2) is 5.82 Å². The van der Waals surface area contributed by atoms with E-state index in [0.29, 0.717) is 26.7 Å². The molecule has 1 heterocycles. The molecule has 4 aromatic rings. The fourth-order valence-corrected chi connectivity index (χ4v) is 3.30. The minimum absolute atomic E-state index is 0.0242. The third-order valence-electron chi connectivity index (χ3n) is 4.53. The molecule has 0 atom stereocenters. The van der Waals surface area contributed by atoms with E-state index >= 15 is 0 Å². The molecule has 0 radical (unpaired) electrons. The highest BCUT2D eigenvalue weighted by Crippen LogP contribution is 2.27. The molecule has 0 aliphatic rings. The van der Waals surface area contributed by atoms with Crippen LogP contribution >= 0.6 is 15.9 Å². The van der Waals surface area contributed by atoms with E-state index in [4.69, 9.17) is 4.74 Å². The van der Waals surface area contributed by atoms with Crippen molar-refractivity contribution in [2.45, 2.75) is 13.0 Å². The van der Waals surface area contributed by atoms with E-state index in [2.05, 4.69) is 36.2 Å². The van der Waals surface area contributed by atoms with Crippen LogP contribution in [-0.2, 0) is 6.61 Å². The first-order valence-electron chi connectivity index (χ1n) is 9.40. The van der Waals surface area contributed by atoms with Gasteiger partial charge < -0.3 is 14.8 Å². The normalized spacial score (nSPS) is 11.4. The Morgan fingerprint density at radius 1 is 1.03 bits per heavy atom. The average Bonchev–Trinajstić information content (AvgIpc) is 3.14. The number of amides is 1. The maximum atomic E-state index is 13.9. The van der Waals surface area contributed by atoms with Crippen molar-refractivity contribution in [1.82, 2.24) is 10.2 Å². The zero-order valence-electron chi connectivity index (χ0n) is 16.5. The van der Waals surface area contributed by atoms with E-state index in [1.54, 1.807) is 30.3 Å². The second-order valence-electron chi connectivity index (χ2n) is 6.83. The molecular formula is C22H14BrF4N3O3. The molecule has 0 bridgehead atoms. The highest BCUT2D eigenvalue weighted by atomic mass is 79.9. The van der Waals surface area contributed by atoms with Gasteiger partial charge in [0.2, 0.25) is 0 Å². The summed E-state index contributed by atoms with van der Waals surface area (Å²) in [6.45, 7) is 0.0242. The zero-order valence-corrected chi connectivity index (χ0v) is 18.1. The molecule has 0 aliphatic carbocycles. The number of alkyl halides is 3. The number of nitrogens with zero attached hydrogens (tertiary/aromatic N) is 1. The molecule has 3 aromatic carbocycles. The summed E-state index contributed by atoms with van der Waals surface area (Å²) in [7, 11) is 0. The third-order valence-corrected chi connectivity index (χ3v) is 5.02.